The van der Waals surface area contributed by atoms with E-state index in [2.05, 4.69) is 71.3 Å². The van der Waals surface area contributed by atoms with Crippen molar-refractivity contribution in [2.45, 2.75) is 96.8 Å². The van der Waals surface area contributed by atoms with Crippen LogP contribution in [0.1, 0.15) is 71.3 Å². The van der Waals surface area contributed by atoms with Crippen molar-refractivity contribution in [2.24, 2.45) is 11.8 Å². The van der Waals surface area contributed by atoms with Crippen LogP contribution in [0, 0.1) is 11.8 Å². The van der Waals surface area contributed by atoms with Crippen LogP contribution in [0.15, 0.2) is 36.4 Å². The van der Waals surface area contributed by atoms with E-state index < -0.39 is 8.07 Å². The predicted molar refractivity (Wildman–Crippen MR) is 146 cm³/mol. The Labute approximate surface area is 206 Å². The Hall–Kier alpha value is -1.10. The quantitative estimate of drug-likeness (QED) is 0.0920. The molecule has 1 aromatic rings. The lowest BCUT2D eigenvalue weighted by Crippen LogP contribution is -2.36. The molecule has 33 heavy (non-hydrogen) atoms. The second kappa shape index (κ2) is 15.0. The Morgan fingerprint density at radius 3 is 2.21 bits per heavy atom. The molecule has 1 rings (SSSR count). The Bertz CT molecular complexity index is 660. The number of hydrogen-bond acceptors (Lipinski definition) is 3. The maximum Gasteiger partial charge on any atom is 0.146 e. The van der Waals surface area contributed by atoms with Gasteiger partial charge >= 0.3 is 0 Å². The smallest absolute Gasteiger partial charge is 0.146 e. The maximum atomic E-state index is 5.80. The van der Waals surface area contributed by atoms with Crippen LogP contribution in [0.2, 0.25) is 25.7 Å². The highest BCUT2D eigenvalue weighted by atomic mass is 28.3. The summed E-state index contributed by atoms with van der Waals surface area (Å²) in [7, 11) is 2.24. The third-order valence-electron chi connectivity index (χ3n) is 6.86. The van der Waals surface area contributed by atoms with Crippen molar-refractivity contribution < 1.29 is 14.2 Å². The number of unbranched alkanes of at least 4 members (excludes halogenated alkanes) is 3. The van der Waals surface area contributed by atoms with Crippen molar-refractivity contribution in [3.8, 4) is 5.75 Å². The largest absolute Gasteiger partial charge is 0.497 e. The molecule has 0 spiro atoms. The van der Waals surface area contributed by atoms with Crippen LogP contribution in [0.3, 0.4) is 0 Å². The van der Waals surface area contributed by atoms with Gasteiger partial charge in [-0.25, -0.2) is 0 Å². The Balaban J connectivity index is 3.20. The molecule has 2 atom stereocenters. The zero-order chi connectivity index (χ0) is 24.9. The minimum atomic E-state index is -1.18. The molecule has 0 radical (unpaired) electrons. The first kappa shape index (κ1) is 29.9. The van der Waals surface area contributed by atoms with Crippen molar-refractivity contribution in [3.63, 3.8) is 0 Å². The molecule has 0 aliphatic carbocycles. The fourth-order valence-electron chi connectivity index (χ4n) is 5.24. The average molecular weight is 477 g/mol. The number of methoxy groups -OCH3 is 2. The van der Waals surface area contributed by atoms with E-state index in [0.717, 1.165) is 25.2 Å². The van der Waals surface area contributed by atoms with E-state index in [4.69, 9.17) is 14.2 Å². The van der Waals surface area contributed by atoms with Crippen molar-refractivity contribution in [1.29, 1.82) is 0 Å². The van der Waals surface area contributed by atoms with Crippen molar-refractivity contribution >= 4 is 8.07 Å². The van der Waals surface area contributed by atoms with E-state index in [0.29, 0.717) is 18.6 Å². The van der Waals surface area contributed by atoms with Crippen LogP contribution in [0.4, 0.5) is 0 Å². The van der Waals surface area contributed by atoms with Gasteiger partial charge in [0, 0.05) is 21.8 Å². The summed E-state index contributed by atoms with van der Waals surface area (Å²) >= 11 is 0. The van der Waals surface area contributed by atoms with Gasteiger partial charge < -0.3 is 14.2 Å². The summed E-state index contributed by atoms with van der Waals surface area (Å²) < 4.78 is 16.4. The van der Waals surface area contributed by atoms with Gasteiger partial charge in [-0.15, -0.1) is 6.58 Å². The van der Waals surface area contributed by atoms with E-state index in [9.17, 15) is 0 Å². The fourth-order valence-corrected chi connectivity index (χ4v) is 6.89. The summed E-state index contributed by atoms with van der Waals surface area (Å²) in [4.78, 5) is 0. The van der Waals surface area contributed by atoms with Gasteiger partial charge in [0.1, 0.15) is 12.5 Å². The zero-order valence-corrected chi connectivity index (χ0v) is 24.0. The zero-order valence-electron chi connectivity index (χ0n) is 23.0. The summed E-state index contributed by atoms with van der Waals surface area (Å²) in [5, 5.41) is 0. The highest BCUT2D eigenvalue weighted by Crippen LogP contribution is 2.43. The lowest BCUT2D eigenvalue weighted by Gasteiger charge is -2.41. The molecule has 0 amide bonds. The van der Waals surface area contributed by atoms with Gasteiger partial charge in [0.25, 0.3) is 0 Å². The van der Waals surface area contributed by atoms with Gasteiger partial charge in [-0.1, -0.05) is 83.8 Å². The van der Waals surface area contributed by atoms with Crippen LogP contribution < -0.4 is 4.74 Å². The van der Waals surface area contributed by atoms with Crippen molar-refractivity contribution in [3.05, 3.63) is 42.0 Å². The molecular weight excluding hydrogens is 424 g/mol. The first-order chi connectivity index (χ1) is 15.5. The van der Waals surface area contributed by atoms with Gasteiger partial charge in [-0.05, 0) is 60.3 Å². The second-order valence-electron chi connectivity index (χ2n) is 11.5. The van der Waals surface area contributed by atoms with Crippen LogP contribution in [-0.4, -0.2) is 35.7 Å². The number of allylic oxidation sites excluding steroid dienone is 1. The summed E-state index contributed by atoms with van der Waals surface area (Å²) in [5.74, 6) is 2.02. The van der Waals surface area contributed by atoms with Crippen molar-refractivity contribution in [1.82, 2.24) is 0 Å². The molecule has 0 saturated heterocycles. The van der Waals surface area contributed by atoms with Crippen LogP contribution in [0.25, 0.3) is 0 Å². The normalized spacial score (nSPS) is 14.2. The molecule has 190 valence electrons. The lowest BCUT2D eigenvalue weighted by molar-refractivity contribution is -0.0398. The molecule has 0 N–H and O–H groups in total. The lowest BCUT2D eigenvalue weighted by atomic mass is 9.64. The van der Waals surface area contributed by atoms with Crippen LogP contribution >= 0.6 is 0 Å². The molecule has 0 fully saturated rings. The van der Waals surface area contributed by atoms with Crippen LogP contribution in [-0.2, 0) is 14.9 Å². The van der Waals surface area contributed by atoms with E-state index in [-0.39, 0.29) is 5.41 Å². The summed E-state index contributed by atoms with van der Waals surface area (Å²) in [6, 6.07) is 9.89. The minimum Gasteiger partial charge on any atom is -0.497 e. The fraction of sp³-hybridized carbons (Fsp3) is 0.724. The van der Waals surface area contributed by atoms with Gasteiger partial charge in [0.2, 0.25) is 0 Å². The molecule has 0 heterocycles. The third-order valence-corrected chi connectivity index (χ3v) is 8.42. The Morgan fingerprint density at radius 1 is 1.00 bits per heavy atom. The summed E-state index contributed by atoms with van der Waals surface area (Å²) in [6.45, 7) is 20.1. The standard InChI is InChI=1S/C29H52O3Si/c1-10-11-12-13-14-25(21-24(2)22-33(7,8)9)28(19-20-32-23-30-5)29(3,4)26-15-17-27(31-6)18-16-26/h15-18,25,28H,2,10-14,19-23H2,1,3-9H3/t25-,28+/m0/s1. The Kier molecular flexibility index (Phi) is 13.6. The van der Waals surface area contributed by atoms with Crippen LogP contribution in [0.5, 0.6) is 5.75 Å². The predicted octanol–water partition coefficient (Wildman–Crippen LogP) is 8.47. The monoisotopic (exact) mass is 476 g/mol. The summed E-state index contributed by atoms with van der Waals surface area (Å²) in [5.41, 5.74) is 2.84. The van der Waals surface area contributed by atoms with E-state index >= 15 is 0 Å². The highest BCUT2D eigenvalue weighted by molar-refractivity contribution is 6.76. The van der Waals surface area contributed by atoms with E-state index in [1.165, 1.54) is 49.3 Å². The molecule has 3 nitrogen and oxygen atoms in total. The maximum absolute atomic E-state index is 5.80. The van der Waals surface area contributed by atoms with E-state index in [1.54, 1.807) is 14.2 Å². The Morgan fingerprint density at radius 2 is 1.67 bits per heavy atom. The van der Waals surface area contributed by atoms with Gasteiger partial charge in [-0.2, -0.15) is 0 Å². The molecule has 0 saturated carbocycles. The van der Waals surface area contributed by atoms with E-state index in [1.807, 2.05) is 0 Å². The SMILES string of the molecule is C=C(C[C@H](CCCCCC)[C@@H](CCOCOC)C(C)(C)c1ccc(OC)cc1)C[Si](C)(C)C. The molecule has 0 unspecified atom stereocenters. The molecule has 0 aliphatic rings. The minimum absolute atomic E-state index is 0.0254. The molecule has 0 aromatic heterocycles. The van der Waals surface area contributed by atoms with Gasteiger partial charge in [0.15, 0.2) is 0 Å². The van der Waals surface area contributed by atoms with Gasteiger partial charge in [-0.3, -0.25) is 0 Å². The topological polar surface area (TPSA) is 27.7 Å². The highest BCUT2D eigenvalue weighted by Gasteiger charge is 2.37. The number of ether oxygens (including phenoxy) is 3. The average Bonchev–Trinajstić information content (AvgIpc) is 2.74. The molecule has 4 heteroatoms. The first-order valence-electron chi connectivity index (χ1n) is 12.9. The third kappa shape index (κ3) is 11.2. The molecular formula is C29H52O3Si. The molecule has 0 aliphatic heterocycles. The summed E-state index contributed by atoms with van der Waals surface area (Å²) in [6.07, 6.45) is 8.64. The number of benzene rings is 1. The molecule has 1 aromatic carbocycles. The molecule has 0 bridgehead atoms. The second-order valence-corrected chi connectivity index (χ2v) is 16.9. The van der Waals surface area contributed by atoms with Crippen molar-refractivity contribution in [2.75, 3.05) is 27.6 Å². The van der Waals surface area contributed by atoms with Gasteiger partial charge in [0.05, 0.1) is 7.11 Å². The number of hydrogen-bond donors (Lipinski definition) is 0. The first-order valence-corrected chi connectivity index (χ1v) is 16.6. The number of rotatable bonds is 18.